The minimum absolute atomic E-state index is 0.522. The first-order valence-corrected chi connectivity index (χ1v) is 8.94. The van der Waals surface area contributed by atoms with Crippen LogP contribution in [0.1, 0.15) is 56.8 Å². The lowest BCUT2D eigenvalue weighted by atomic mass is 9.96. The minimum atomic E-state index is 0.522. The largest absolute Gasteiger partial charge is 0.324 e. The van der Waals surface area contributed by atoms with E-state index in [2.05, 4.69) is 10.6 Å². The first-order chi connectivity index (χ1) is 10.3. The van der Waals surface area contributed by atoms with Crippen LogP contribution in [0.3, 0.4) is 0 Å². The lowest BCUT2D eigenvalue weighted by molar-refractivity contribution is 0.371. The number of rotatable bonds is 3. The summed E-state index contributed by atoms with van der Waals surface area (Å²) in [7, 11) is 0. The SMILES string of the molecule is ClCCc1nc2cccc(Cl)c2n1C1CCCCCCC1. The Morgan fingerprint density at radius 1 is 1.10 bits per heavy atom. The predicted octanol–water partition coefficient (Wildman–Crippen LogP) is 5.76. The van der Waals surface area contributed by atoms with Gasteiger partial charge in [0.2, 0.25) is 0 Å². The molecular formula is C17H22Cl2N2. The zero-order chi connectivity index (χ0) is 14.7. The van der Waals surface area contributed by atoms with Crippen molar-refractivity contribution in [2.75, 3.05) is 5.88 Å². The predicted molar refractivity (Wildman–Crippen MR) is 90.5 cm³/mol. The van der Waals surface area contributed by atoms with Gasteiger partial charge in [-0.25, -0.2) is 4.98 Å². The number of halogens is 2. The molecule has 3 rings (SSSR count). The zero-order valence-electron chi connectivity index (χ0n) is 12.3. The number of aromatic nitrogens is 2. The molecule has 1 aromatic carbocycles. The molecule has 1 heterocycles. The van der Waals surface area contributed by atoms with Gasteiger partial charge < -0.3 is 4.57 Å². The van der Waals surface area contributed by atoms with E-state index in [-0.39, 0.29) is 0 Å². The molecule has 0 bridgehead atoms. The molecular weight excluding hydrogens is 303 g/mol. The van der Waals surface area contributed by atoms with Gasteiger partial charge in [-0.2, -0.15) is 0 Å². The summed E-state index contributed by atoms with van der Waals surface area (Å²) in [6.07, 6.45) is 9.95. The molecule has 0 aliphatic heterocycles. The van der Waals surface area contributed by atoms with Gasteiger partial charge in [0.25, 0.3) is 0 Å². The molecule has 1 aliphatic carbocycles. The lowest BCUT2D eigenvalue weighted by Gasteiger charge is -2.24. The summed E-state index contributed by atoms with van der Waals surface area (Å²) < 4.78 is 2.39. The summed E-state index contributed by atoms with van der Waals surface area (Å²) in [5.74, 6) is 1.70. The smallest absolute Gasteiger partial charge is 0.111 e. The van der Waals surface area contributed by atoms with Crippen molar-refractivity contribution in [2.45, 2.75) is 57.4 Å². The Kier molecular flexibility index (Phi) is 5.07. The third-order valence-electron chi connectivity index (χ3n) is 4.49. The molecule has 0 atom stereocenters. The molecule has 0 spiro atoms. The van der Waals surface area contributed by atoms with Crippen LogP contribution in [0.5, 0.6) is 0 Å². The number of aryl methyl sites for hydroxylation is 1. The van der Waals surface area contributed by atoms with Crippen LogP contribution < -0.4 is 0 Å². The molecule has 2 nitrogen and oxygen atoms in total. The number of benzene rings is 1. The molecule has 0 saturated heterocycles. The summed E-state index contributed by atoms with van der Waals surface area (Å²) in [6, 6.07) is 6.52. The van der Waals surface area contributed by atoms with Gasteiger partial charge in [-0.15, -0.1) is 11.6 Å². The fourth-order valence-electron chi connectivity index (χ4n) is 3.50. The number of alkyl halides is 1. The van der Waals surface area contributed by atoms with Crippen molar-refractivity contribution in [3.05, 3.63) is 29.0 Å². The molecule has 0 radical (unpaired) electrons. The Balaban J connectivity index is 2.06. The summed E-state index contributed by atoms with van der Waals surface area (Å²) in [6.45, 7) is 0. The highest BCUT2D eigenvalue weighted by Crippen LogP contribution is 2.34. The maximum Gasteiger partial charge on any atom is 0.111 e. The van der Waals surface area contributed by atoms with Crippen molar-refractivity contribution in [3.63, 3.8) is 0 Å². The van der Waals surface area contributed by atoms with E-state index in [9.17, 15) is 0 Å². The second-order valence-electron chi connectivity index (χ2n) is 5.94. The summed E-state index contributed by atoms with van der Waals surface area (Å²) in [5, 5.41) is 0.808. The topological polar surface area (TPSA) is 17.8 Å². The molecule has 1 aliphatic rings. The van der Waals surface area contributed by atoms with Crippen LogP contribution >= 0.6 is 23.2 Å². The maximum absolute atomic E-state index is 6.47. The van der Waals surface area contributed by atoms with Crippen LogP contribution in [0.4, 0.5) is 0 Å². The molecule has 1 saturated carbocycles. The van der Waals surface area contributed by atoms with Gasteiger partial charge in [-0.05, 0) is 25.0 Å². The van der Waals surface area contributed by atoms with Crippen molar-refractivity contribution < 1.29 is 0 Å². The van der Waals surface area contributed by atoms with Crippen LogP contribution in [0, 0.1) is 0 Å². The van der Waals surface area contributed by atoms with Crippen LogP contribution in [0.15, 0.2) is 18.2 Å². The molecule has 114 valence electrons. The van der Waals surface area contributed by atoms with Gasteiger partial charge >= 0.3 is 0 Å². The van der Waals surface area contributed by atoms with E-state index >= 15 is 0 Å². The number of fused-ring (bicyclic) bond motifs is 1. The number of para-hydroxylation sites is 1. The Morgan fingerprint density at radius 2 is 1.81 bits per heavy atom. The van der Waals surface area contributed by atoms with E-state index in [1.54, 1.807) is 0 Å². The standard InChI is InChI=1S/C17H22Cl2N2/c18-12-11-16-20-15-10-6-9-14(19)17(15)21(16)13-7-4-2-1-3-5-8-13/h6,9-10,13H,1-5,7-8,11-12H2. The van der Waals surface area contributed by atoms with Gasteiger partial charge in [0.05, 0.1) is 16.1 Å². The summed E-state index contributed by atoms with van der Waals surface area (Å²) >= 11 is 12.5. The van der Waals surface area contributed by atoms with Crippen molar-refractivity contribution in [1.29, 1.82) is 0 Å². The fraction of sp³-hybridized carbons (Fsp3) is 0.588. The highest BCUT2D eigenvalue weighted by molar-refractivity contribution is 6.35. The van der Waals surface area contributed by atoms with Crippen LogP contribution in [-0.2, 0) is 6.42 Å². The Hall–Kier alpha value is -0.730. The number of hydrogen-bond donors (Lipinski definition) is 0. The number of hydrogen-bond acceptors (Lipinski definition) is 1. The van der Waals surface area contributed by atoms with Crippen molar-refractivity contribution in [1.82, 2.24) is 9.55 Å². The first-order valence-electron chi connectivity index (χ1n) is 8.02. The molecule has 1 fully saturated rings. The van der Waals surface area contributed by atoms with Crippen LogP contribution in [0.2, 0.25) is 5.02 Å². The maximum atomic E-state index is 6.47. The molecule has 4 heteroatoms. The molecule has 0 N–H and O–H groups in total. The molecule has 2 aromatic rings. The van der Waals surface area contributed by atoms with Gasteiger partial charge in [0, 0.05) is 18.3 Å². The van der Waals surface area contributed by atoms with E-state index in [4.69, 9.17) is 28.2 Å². The van der Waals surface area contributed by atoms with Gasteiger partial charge in [-0.3, -0.25) is 0 Å². The second-order valence-corrected chi connectivity index (χ2v) is 6.73. The average Bonchev–Trinajstić information content (AvgIpc) is 2.79. The van der Waals surface area contributed by atoms with Crippen molar-refractivity contribution in [2.24, 2.45) is 0 Å². The van der Waals surface area contributed by atoms with E-state index in [0.717, 1.165) is 28.3 Å². The third-order valence-corrected chi connectivity index (χ3v) is 4.99. The minimum Gasteiger partial charge on any atom is -0.324 e. The lowest BCUT2D eigenvalue weighted by Crippen LogP contribution is -2.14. The normalized spacial score (nSPS) is 17.8. The number of nitrogens with zero attached hydrogens (tertiary/aromatic N) is 2. The monoisotopic (exact) mass is 324 g/mol. The summed E-state index contributed by atoms with van der Waals surface area (Å²) in [4.78, 5) is 4.79. The molecule has 0 amide bonds. The van der Waals surface area contributed by atoms with E-state index < -0.39 is 0 Å². The Morgan fingerprint density at radius 3 is 2.52 bits per heavy atom. The van der Waals surface area contributed by atoms with Crippen molar-refractivity contribution >= 4 is 34.2 Å². The van der Waals surface area contributed by atoms with Crippen molar-refractivity contribution in [3.8, 4) is 0 Å². The fourth-order valence-corrected chi connectivity index (χ4v) is 3.93. The van der Waals surface area contributed by atoms with Gasteiger partial charge in [0.15, 0.2) is 0 Å². The van der Waals surface area contributed by atoms with E-state index in [0.29, 0.717) is 11.9 Å². The average molecular weight is 325 g/mol. The van der Waals surface area contributed by atoms with Crippen LogP contribution in [-0.4, -0.2) is 15.4 Å². The third kappa shape index (κ3) is 3.22. The van der Waals surface area contributed by atoms with Gasteiger partial charge in [0.1, 0.15) is 5.82 Å². The van der Waals surface area contributed by atoms with E-state index in [1.807, 2.05) is 12.1 Å². The Labute approximate surface area is 136 Å². The molecule has 0 unspecified atom stereocenters. The first kappa shape index (κ1) is 15.2. The number of imidazole rings is 1. The molecule has 21 heavy (non-hydrogen) atoms. The highest BCUT2D eigenvalue weighted by Gasteiger charge is 2.21. The van der Waals surface area contributed by atoms with Crippen LogP contribution in [0.25, 0.3) is 11.0 Å². The zero-order valence-corrected chi connectivity index (χ0v) is 13.8. The quantitative estimate of drug-likeness (QED) is 0.656. The Bertz CT molecular complexity index is 598. The highest BCUT2D eigenvalue weighted by atomic mass is 35.5. The van der Waals surface area contributed by atoms with Gasteiger partial charge in [-0.1, -0.05) is 49.8 Å². The van der Waals surface area contributed by atoms with E-state index in [1.165, 1.54) is 44.9 Å². The molecule has 1 aromatic heterocycles. The second kappa shape index (κ2) is 7.02. The summed E-state index contributed by atoms with van der Waals surface area (Å²) in [5.41, 5.74) is 2.11.